The third-order valence-electron chi connectivity index (χ3n) is 2.35. The van der Waals surface area contributed by atoms with Gasteiger partial charge in [-0.15, -0.1) is 6.58 Å². The van der Waals surface area contributed by atoms with Crippen molar-refractivity contribution in [2.24, 2.45) is 0 Å². The SMILES string of the molecule is C=CCNC(=O)C(C)Nc1ccc(Br)c(OC)c1. The molecule has 98 valence electrons. The van der Waals surface area contributed by atoms with Crippen LogP contribution in [-0.2, 0) is 4.79 Å². The van der Waals surface area contributed by atoms with Crippen LogP contribution in [0.5, 0.6) is 5.75 Å². The summed E-state index contributed by atoms with van der Waals surface area (Å²) >= 11 is 3.38. The Labute approximate surface area is 116 Å². The van der Waals surface area contributed by atoms with Gasteiger partial charge in [-0.05, 0) is 35.0 Å². The van der Waals surface area contributed by atoms with Crippen molar-refractivity contribution in [3.63, 3.8) is 0 Å². The molecular formula is C13H17BrN2O2. The first-order valence-electron chi connectivity index (χ1n) is 5.57. The third-order valence-corrected chi connectivity index (χ3v) is 3.00. The van der Waals surface area contributed by atoms with Crippen LogP contribution in [0.3, 0.4) is 0 Å². The van der Waals surface area contributed by atoms with E-state index >= 15 is 0 Å². The summed E-state index contributed by atoms with van der Waals surface area (Å²) in [7, 11) is 1.60. The van der Waals surface area contributed by atoms with Crippen molar-refractivity contribution in [3.05, 3.63) is 35.3 Å². The molecule has 1 aromatic rings. The molecule has 0 aliphatic carbocycles. The second-order valence-corrected chi connectivity index (χ2v) is 4.60. The highest BCUT2D eigenvalue weighted by molar-refractivity contribution is 9.10. The summed E-state index contributed by atoms with van der Waals surface area (Å²) in [6, 6.07) is 5.26. The van der Waals surface area contributed by atoms with Gasteiger partial charge in [0.25, 0.3) is 0 Å². The van der Waals surface area contributed by atoms with E-state index in [9.17, 15) is 4.79 Å². The smallest absolute Gasteiger partial charge is 0.242 e. The van der Waals surface area contributed by atoms with E-state index < -0.39 is 0 Å². The normalized spacial score (nSPS) is 11.5. The fourth-order valence-corrected chi connectivity index (χ4v) is 1.80. The minimum Gasteiger partial charge on any atom is -0.495 e. The lowest BCUT2D eigenvalue weighted by Gasteiger charge is -2.15. The van der Waals surface area contributed by atoms with Gasteiger partial charge in [0, 0.05) is 18.3 Å². The summed E-state index contributed by atoms with van der Waals surface area (Å²) in [5.74, 6) is 0.649. The molecule has 4 nitrogen and oxygen atoms in total. The van der Waals surface area contributed by atoms with Gasteiger partial charge in [0.05, 0.1) is 11.6 Å². The van der Waals surface area contributed by atoms with Crippen molar-refractivity contribution in [3.8, 4) is 5.75 Å². The van der Waals surface area contributed by atoms with Gasteiger partial charge in [-0.1, -0.05) is 6.08 Å². The van der Waals surface area contributed by atoms with Crippen LogP contribution in [0.1, 0.15) is 6.92 Å². The molecular weight excluding hydrogens is 296 g/mol. The van der Waals surface area contributed by atoms with E-state index in [4.69, 9.17) is 4.74 Å². The monoisotopic (exact) mass is 312 g/mol. The van der Waals surface area contributed by atoms with Crippen LogP contribution in [0.25, 0.3) is 0 Å². The molecule has 0 bridgehead atoms. The van der Waals surface area contributed by atoms with Gasteiger partial charge in [0.2, 0.25) is 5.91 Å². The molecule has 1 rings (SSSR count). The predicted octanol–water partition coefficient (Wildman–Crippen LogP) is 2.56. The average Bonchev–Trinajstić information content (AvgIpc) is 2.37. The van der Waals surface area contributed by atoms with Crippen LogP contribution in [0.2, 0.25) is 0 Å². The molecule has 2 N–H and O–H groups in total. The molecule has 1 aromatic carbocycles. The molecule has 0 saturated carbocycles. The largest absolute Gasteiger partial charge is 0.495 e. The van der Waals surface area contributed by atoms with Crippen LogP contribution in [0.15, 0.2) is 35.3 Å². The number of rotatable bonds is 6. The highest BCUT2D eigenvalue weighted by atomic mass is 79.9. The van der Waals surface area contributed by atoms with Gasteiger partial charge in [0.1, 0.15) is 11.8 Å². The average molecular weight is 313 g/mol. The predicted molar refractivity (Wildman–Crippen MR) is 77.0 cm³/mol. The van der Waals surface area contributed by atoms with Crippen molar-refractivity contribution in [1.82, 2.24) is 5.32 Å². The fraction of sp³-hybridized carbons (Fsp3) is 0.308. The number of nitrogens with one attached hydrogen (secondary N) is 2. The number of carbonyl (C=O) groups excluding carboxylic acids is 1. The number of hydrogen-bond acceptors (Lipinski definition) is 3. The fourth-order valence-electron chi connectivity index (χ4n) is 1.39. The van der Waals surface area contributed by atoms with Crippen molar-refractivity contribution in [1.29, 1.82) is 0 Å². The molecule has 0 spiro atoms. The van der Waals surface area contributed by atoms with E-state index in [0.29, 0.717) is 6.54 Å². The maximum absolute atomic E-state index is 11.7. The minimum absolute atomic E-state index is 0.0724. The second-order valence-electron chi connectivity index (χ2n) is 3.75. The van der Waals surface area contributed by atoms with E-state index in [1.165, 1.54) is 0 Å². The first kappa shape index (κ1) is 14.6. The van der Waals surface area contributed by atoms with Crippen molar-refractivity contribution in [2.45, 2.75) is 13.0 Å². The molecule has 1 amide bonds. The van der Waals surface area contributed by atoms with E-state index in [1.54, 1.807) is 20.1 Å². The van der Waals surface area contributed by atoms with Gasteiger partial charge in [-0.2, -0.15) is 0 Å². The van der Waals surface area contributed by atoms with Crippen molar-refractivity contribution < 1.29 is 9.53 Å². The van der Waals surface area contributed by atoms with Crippen molar-refractivity contribution in [2.75, 3.05) is 19.0 Å². The number of anilines is 1. The minimum atomic E-state index is -0.323. The second kappa shape index (κ2) is 7.06. The Balaban J connectivity index is 2.66. The molecule has 0 aliphatic rings. The third kappa shape index (κ3) is 4.07. The number of ether oxygens (including phenoxy) is 1. The van der Waals surface area contributed by atoms with Gasteiger partial charge in [0.15, 0.2) is 0 Å². The zero-order valence-electron chi connectivity index (χ0n) is 10.5. The van der Waals surface area contributed by atoms with E-state index in [1.807, 2.05) is 18.2 Å². The lowest BCUT2D eigenvalue weighted by molar-refractivity contribution is -0.121. The topological polar surface area (TPSA) is 50.4 Å². The summed E-state index contributed by atoms with van der Waals surface area (Å²) in [6.07, 6.45) is 1.65. The number of amides is 1. The lowest BCUT2D eigenvalue weighted by Crippen LogP contribution is -2.37. The zero-order chi connectivity index (χ0) is 13.5. The van der Waals surface area contributed by atoms with Gasteiger partial charge in [-0.3, -0.25) is 4.79 Å². The Morgan fingerprint density at radius 3 is 2.94 bits per heavy atom. The zero-order valence-corrected chi connectivity index (χ0v) is 12.1. The van der Waals surface area contributed by atoms with Gasteiger partial charge >= 0.3 is 0 Å². The quantitative estimate of drug-likeness (QED) is 0.794. The highest BCUT2D eigenvalue weighted by Crippen LogP contribution is 2.28. The Hall–Kier alpha value is -1.49. The first-order chi connectivity index (χ1) is 8.58. The van der Waals surface area contributed by atoms with E-state index in [0.717, 1.165) is 15.9 Å². The van der Waals surface area contributed by atoms with Crippen molar-refractivity contribution >= 4 is 27.5 Å². The number of benzene rings is 1. The molecule has 0 heterocycles. The van der Waals surface area contributed by atoms with Gasteiger partial charge < -0.3 is 15.4 Å². The van der Waals surface area contributed by atoms with E-state index in [-0.39, 0.29) is 11.9 Å². The maximum atomic E-state index is 11.7. The van der Waals surface area contributed by atoms with Crippen LogP contribution < -0.4 is 15.4 Å². The molecule has 5 heteroatoms. The van der Waals surface area contributed by atoms with Crippen LogP contribution in [0, 0.1) is 0 Å². The summed E-state index contributed by atoms with van der Waals surface area (Å²) in [5.41, 5.74) is 0.830. The molecule has 0 radical (unpaired) electrons. The molecule has 0 saturated heterocycles. The highest BCUT2D eigenvalue weighted by Gasteiger charge is 2.12. The summed E-state index contributed by atoms with van der Waals surface area (Å²) in [5, 5.41) is 5.84. The summed E-state index contributed by atoms with van der Waals surface area (Å²) in [4.78, 5) is 11.7. The standard InChI is InChI=1S/C13H17BrN2O2/c1-4-7-15-13(17)9(2)16-10-5-6-11(14)12(8-10)18-3/h4-6,8-9,16H,1,7H2,2-3H3,(H,15,17). The molecule has 1 atom stereocenters. The number of halogens is 1. The Morgan fingerprint density at radius 1 is 1.61 bits per heavy atom. The maximum Gasteiger partial charge on any atom is 0.242 e. The molecule has 0 aliphatic heterocycles. The summed E-state index contributed by atoms with van der Waals surface area (Å²) < 4.78 is 6.07. The molecule has 1 unspecified atom stereocenters. The number of carbonyl (C=O) groups is 1. The Morgan fingerprint density at radius 2 is 2.33 bits per heavy atom. The van der Waals surface area contributed by atoms with Gasteiger partial charge in [-0.25, -0.2) is 0 Å². The number of methoxy groups -OCH3 is 1. The summed E-state index contributed by atoms with van der Waals surface area (Å²) in [6.45, 7) is 5.82. The molecule has 18 heavy (non-hydrogen) atoms. The van der Waals surface area contributed by atoms with Crippen LogP contribution >= 0.6 is 15.9 Å². The first-order valence-corrected chi connectivity index (χ1v) is 6.36. The lowest BCUT2D eigenvalue weighted by atomic mass is 10.2. The molecule has 0 aromatic heterocycles. The Bertz CT molecular complexity index is 435. The van der Waals surface area contributed by atoms with Crippen LogP contribution in [-0.4, -0.2) is 25.6 Å². The van der Waals surface area contributed by atoms with E-state index in [2.05, 4.69) is 33.1 Å². The number of hydrogen-bond donors (Lipinski definition) is 2. The molecule has 0 fully saturated rings. The van der Waals surface area contributed by atoms with Crippen LogP contribution in [0.4, 0.5) is 5.69 Å². The Kier molecular flexibility index (Phi) is 5.71.